The van der Waals surface area contributed by atoms with Crippen molar-refractivity contribution < 1.29 is 18.0 Å². The van der Waals surface area contributed by atoms with Gasteiger partial charge in [0.2, 0.25) is 21.6 Å². The fraction of sp³-hybridized carbons (Fsp3) is 0.565. The molecule has 162 valence electrons. The van der Waals surface area contributed by atoms with E-state index in [9.17, 15) is 18.0 Å². The number of sulfonamides is 1. The first-order valence-corrected chi connectivity index (χ1v) is 12.6. The Morgan fingerprint density at radius 2 is 1.43 bits per heavy atom. The zero-order chi connectivity index (χ0) is 21.3. The van der Waals surface area contributed by atoms with E-state index in [1.807, 2.05) is 4.90 Å². The van der Waals surface area contributed by atoms with Gasteiger partial charge in [0.05, 0.1) is 0 Å². The lowest BCUT2D eigenvalue weighted by molar-refractivity contribution is 0.0932. The van der Waals surface area contributed by atoms with Crippen molar-refractivity contribution in [3.05, 3.63) is 46.0 Å². The van der Waals surface area contributed by atoms with E-state index in [0.29, 0.717) is 24.6 Å². The first kappa shape index (κ1) is 21.2. The van der Waals surface area contributed by atoms with Crippen molar-refractivity contribution in [3.8, 4) is 0 Å². The molecular formula is C23H30N2O4S. The Hall–Kier alpha value is -1.99. The van der Waals surface area contributed by atoms with E-state index in [1.54, 1.807) is 24.3 Å². The number of fused-ring (bicyclic) bond motifs is 1. The number of allylic oxidation sites excluding steroid dienone is 2. The summed E-state index contributed by atoms with van der Waals surface area (Å²) < 4.78 is 29.7. The summed E-state index contributed by atoms with van der Waals surface area (Å²) in [5, 5.41) is 0. The molecule has 1 aliphatic heterocycles. The van der Waals surface area contributed by atoms with Crippen molar-refractivity contribution in [3.63, 3.8) is 0 Å². The van der Waals surface area contributed by atoms with Crippen molar-refractivity contribution in [2.24, 2.45) is 5.92 Å². The average molecular weight is 431 g/mol. The summed E-state index contributed by atoms with van der Waals surface area (Å²) >= 11 is 0. The van der Waals surface area contributed by atoms with E-state index in [1.165, 1.54) is 0 Å². The van der Waals surface area contributed by atoms with E-state index in [0.717, 1.165) is 51.4 Å². The minimum Gasteiger partial charge on any atom is -0.367 e. The predicted octanol–water partition coefficient (Wildman–Crippen LogP) is 3.65. The molecule has 0 spiro atoms. The van der Waals surface area contributed by atoms with Gasteiger partial charge in [-0.25, -0.2) is 13.1 Å². The molecule has 0 unspecified atom stereocenters. The molecule has 0 radical (unpaired) electrons. The predicted molar refractivity (Wildman–Crippen MR) is 116 cm³/mol. The molecule has 1 aromatic carbocycles. The van der Waals surface area contributed by atoms with Crippen LogP contribution in [0.15, 0.2) is 34.9 Å². The maximum absolute atomic E-state index is 13.5. The maximum Gasteiger partial charge on any atom is 0.246 e. The Morgan fingerprint density at radius 3 is 2.03 bits per heavy atom. The van der Waals surface area contributed by atoms with Crippen LogP contribution in [0.4, 0.5) is 0 Å². The van der Waals surface area contributed by atoms with Crippen LogP contribution in [0.25, 0.3) is 0 Å². The van der Waals surface area contributed by atoms with E-state index in [4.69, 9.17) is 0 Å². The van der Waals surface area contributed by atoms with Crippen LogP contribution in [-0.4, -0.2) is 44.0 Å². The lowest BCUT2D eigenvalue weighted by Gasteiger charge is -2.36. The summed E-state index contributed by atoms with van der Waals surface area (Å²) in [4.78, 5) is 28.2. The van der Waals surface area contributed by atoms with Crippen molar-refractivity contribution in [1.82, 2.24) is 9.62 Å². The number of rotatable bonds is 4. The third-order valence-electron chi connectivity index (χ3n) is 6.60. The van der Waals surface area contributed by atoms with Crippen molar-refractivity contribution in [1.29, 1.82) is 0 Å². The van der Waals surface area contributed by atoms with Gasteiger partial charge in [0, 0.05) is 30.3 Å². The standard InChI is InChI=1S/C23H30N2O4S/c1-16-12-14-25(15-13-16)20-21(26)18-10-6-7-11-19(18)22(27)23(20)30(28,29)24-17-8-4-2-3-5-9-17/h6-7,10-11,16-17,24H,2-5,8-9,12-15H2,1H3. The highest BCUT2D eigenvalue weighted by atomic mass is 32.2. The molecule has 1 saturated carbocycles. The highest BCUT2D eigenvalue weighted by molar-refractivity contribution is 7.94. The third kappa shape index (κ3) is 4.10. The quantitative estimate of drug-likeness (QED) is 0.737. The Bertz CT molecular complexity index is 967. The number of likely N-dealkylation sites (tertiary alicyclic amines) is 1. The Labute approximate surface area is 178 Å². The van der Waals surface area contributed by atoms with Crippen LogP contribution in [0.2, 0.25) is 0 Å². The second-order valence-electron chi connectivity index (χ2n) is 8.86. The van der Waals surface area contributed by atoms with Gasteiger partial charge in [-0.3, -0.25) is 9.59 Å². The van der Waals surface area contributed by atoms with Gasteiger partial charge in [0.15, 0.2) is 4.91 Å². The van der Waals surface area contributed by atoms with Gasteiger partial charge in [-0.15, -0.1) is 0 Å². The number of carbonyl (C=O) groups excluding carboxylic acids is 2. The molecule has 7 heteroatoms. The number of hydrogen-bond donors (Lipinski definition) is 1. The van der Waals surface area contributed by atoms with Crippen molar-refractivity contribution in [2.45, 2.75) is 64.3 Å². The number of nitrogens with one attached hydrogen (secondary N) is 1. The summed E-state index contributed by atoms with van der Waals surface area (Å²) in [5.74, 6) is -0.409. The largest absolute Gasteiger partial charge is 0.367 e. The average Bonchev–Trinajstić information content (AvgIpc) is 2.99. The lowest BCUT2D eigenvalue weighted by Crippen LogP contribution is -2.44. The Morgan fingerprint density at radius 1 is 0.867 bits per heavy atom. The highest BCUT2D eigenvalue weighted by Crippen LogP contribution is 2.33. The minimum atomic E-state index is -4.12. The summed E-state index contributed by atoms with van der Waals surface area (Å²) in [5.41, 5.74) is 0.536. The van der Waals surface area contributed by atoms with E-state index in [-0.39, 0.29) is 28.0 Å². The summed E-state index contributed by atoms with van der Waals surface area (Å²) in [6, 6.07) is 6.35. The van der Waals surface area contributed by atoms with Gasteiger partial charge in [-0.2, -0.15) is 0 Å². The van der Waals surface area contributed by atoms with E-state index in [2.05, 4.69) is 11.6 Å². The van der Waals surface area contributed by atoms with Crippen LogP contribution in [0, 0.1) is 5.92 Å². The van der Waals surface area contributed by atoms with Gasteiger partial charge in [0.25, 0.3) is 0 Å². The number of Topliss-reactive ketones (excluding diaryl/α,β-unsaturated/α-hetero) is 2. The topological polar surface area (TPSA) is 83.6 Å². The molecule has 4 rings (SSSR count). The van der Waals surface area contributed by atoms with Crippen LogP contribution in [0.5, 0.6) is 0 Å². The molecule has 30 heavy (non-hydrogen) atoms. The molecule has 0 atom stereocenters. The number of nitrogens with zero attached hydrogens (tertiary/aromatic N) is 1. The second kappa shape index (κ2) is 8.63. The zero-order valence-electron chi connectivity index (χ0n) is 17.5. The number of piperidine rings is 1. The van der Waals surface area contributed by atoms with Gasteiger partial charge in [-0.05, 0) is 31.6 Å². The molecule has 3 aliphatic rings. The molecule has 1 aromatic rings. The molecule has 1 N–H and O–H groups in total. The smallest absolute Gasteiger partial charge is 0.246 e. The molecule has 2 aliphatic carbocycles. The highest BCUT2D eigenvalue weighted by Gasteiger charge is 2.42. The molecular weight excluding hydrogens is 400 g/mol. The molecule has 0 aromatic heterocycles. The van der Waals surface area contributed by atoms with Crippen molar-refractivity contribution >= 4 is 21.6 Å². The molecule has 1 saturated heterocycles. The van der Waals surface area contributed by atoms with Crippen LogP contribution >= 0.6 is 0 Å². The fourth-order valence-electron chi connectivity index (χ4n) is 4.78. The lowest BCUT2D eigenvalue weighted by atomic mass is 9.90. The molecule has 6 nitrogen and oxygen atoms in total. The fourth-order valence-corrected chi connectivity index (χ4v) is 6.41. The van der Waals surface area contributed by atoms with Crippen LogP contribution in [0.3, 0.4) is 0 Å². The molecule has 0 amide bonds. The Balaban J connectivity index is 1.77. The number of benzene rings is 1. The third-order valence-corrected chi connectivity index (χ3v) is 8.16. The number of carbonyl (C=O) groups is 2. The normalized spacial score (nSPS) is 22.2. The molecule has 1 heterocycles. The van der Waals surface area contributed by atoms with Crippen LogP contribution in [0.1, 0.15) is 79.0 Å². The summed E-state index contributed by atoms with van der Waals surface area (Å²) in [6.07, 6.45) is 7.42. The first-order chi connectivity index (χ1) is 14.4. The summed E-state index contributed by atoms with van der Waals surface area (Å²) in [7, 11) is -4.12. The zero-order valence-corrected chi connectivity index (χ0v) is 18.3. The maximum atomic E-state index is 13.5. The Kier molecular flexibility index (Phi) is 6.11. The number of ketones is 2. The van der Waals surface area contributed by atoms with Crippen LogP contribution < -0.4 is 4.72 Å². The van der Waals surface area contributed by atoms with Gasteiger partial charge < -0.3 is 4.90 Å². The van der Waals surface area contributed by atoms with Gasteiger partial charge in [0.1, 0.15) is 5.70 Å². The van der Waals surface area contributed by atoms with E-state index >= 15 is 0 Å². The second-order valence-corrected chi connectivity index (χ2v) is 10.5. The first-order valence-electron chi connectivity index (χ1n) is 11.1. The van der Waals surface area contributed by atoms with Gasteiger partial charge >= 0.3 is 0 Å². The molecule has 2 fully saturated rings. The SMILES string of the molecule is CC1CCN(C2=C(S(=O)(=O)NC3CCCCCC3)C(=O)c3ccccc3C2=O)CC1. The number of hydrogen-bond acceptors (Lipinski definition) is 5. The monoisotopic (exact) mass is 430 g/mol. The minimum absolute atomic E-state index is 0.0618. The van der Waals surface area contributed by atoms with Gasteiger partial charge in [-0.1, -0.05) is 56.9 Å². The summed E-state index contributed by atoms with van der Waals surface area (Å²) in [6.45, 7) is 3.32. The van der Waals surface area contributed by atoms with E-state index < -0.39 is 15.8 Å². The van der Waals surface area contributed by atoms with Crippen LogP contribution in [-0.2, 0) is 10.0 Å². The molecule has 0 bridgehead atoms. The van der Waals surface area contributed by atoms with Crippen molar-refractivity contribution in [2.75, 3.05) is 13.1 Å².